The van der Waals surface area contributed by atoms with Crippen LogP contribution in [0, 0.1) is 16.7 Å². The second kappa shape index (κ2) is 7.03. The third kappa shape index (κ3) is 5.20. The fraction of sp³-hybridized carbons (Fsp3) is 0.533. The minimum absolute atomic E-state index is 0.293. The van der Waals surface area contributed by atoms with Crippen LogP contribution in [0.25, 0.3) is 0 Å². The maximum atomic E-state index is 8.89. The summed E-state index contributed by atoms with van der Waals surface area (Å²) in [5.74, 6) is 0.917. The lowest BCUT2D eigenvalue weighted by Gasteiger charge is -2.15. The van der Waals surface area contributed by atoms with Gasteiger partial charge >= 0.3 is 0 Å². The predicted molar refractivity (Wildman–Crippen MR) is 73.6 cm³/mol. The van der Waals surface area contributed by atoms with Crippen LogP contribution < -0.4 is 10.1 Å². The highest BCUT2D eigenvalue weighted by atomic mass is 16.5. The monoisotopic (exact) mass is 246 g/mol. The molecule has 3 heteroatoms. The van der Waals surface area contributed by atoms with Crippen molar-refractivity contribution in [2.45, 2.75) is 27.2 Å². The summed E-state index contributed by atoms with van der Waals surface area (Å²) < 4.78 is 5.39. The number of hydrogen-bond donors (Lipinski definition) is 1. The molecule has 0 heterocycles. The van der Waals surface area contributed by atoms with E-state index in [1.165, 1.54) is 5.56 Å². The van der Waals surface area contributed by atoms with Crippen LogP contribution in [-0.2, 0) is 6.42 Å². The molecule has 1 rings (SSSR count). The molecule has 0 aliphatic carbocycles. The molecule has 0 saturated carbocycles. The van der Waals surface area contributed by atoms with E-state index in [1.54, 1.807) is 0 Å². The number of hydrogen-bond acceptors (Lipinski definition) is 3. The molecule has 0 unspecified atom stereocenters. The Morgan fingerprint density at radius 2 is 1.94 bits per heavy atom. The Balaban J connectivity index is 2.30. The fourth-order valence-corrected chi connectivity index (χ4v) is 1.59. The van der Waals surface area contributed by atoms with Crippen molar-refractivity contribution in [3.05, 3.63) is 29.8 Å². The Bertz CT molecular complexity index is 390. The number of nitriles is 1. The SMILES string of the molecule is CCOc1ccc(CCNCC(C)(C)C#N)cc1. The summed E-state index contributed by atoms with van der Waals surface area (Å²) in [5.41, 5.74) is 0.986. The van der Waals surface area contributed by atoms with Crippen molar-refractivity contribution in [3.8, 4) is 11.8 Å². The summed E-state index contributed by atoms with van der Waals surface area (Å²) >= 11 is 0. The van der Waals surface area contributed by atoms with E-state index in [2.05, 4.69) is 23.5 Å². The van der Waals surface area contributed by atoms with Gasteiger partial charge in [0.05, 0.1) is 18.1 Å². The van der Waals surface area contributed by atoms with Crippen LogP contribution in [-0.4, -0.2) is 19.7 Å². The van der Waals surface area contributed by atoms with Gasteiger partial charge in [-0.15, -0.1) is 0 Å². The molecule has 0 atom stereocenters. The molecule has 1 aromatic carbocycles. The van der Waals surface area contributed by atoms with E-state index in [1.807, 2.05) is 32.9 Å². The third-order valence-corrected chi connectivity index (χ3v) is 2.69. The summed E-state index contributed by atoms with van der Waals surface area (Å²) in [6.07, 6.45) is 0.966. The first-order valence-electron chi connectivity index (χ1n) is 6.41. The molecule has 18 heavy (non-hydrogen) atoms. The van der Waals surface area contributed by atoms with Gasteiger partial charge in [0, 0.05) is 6.54 Å². The number of benzene rings is 1. The Hall–Kier alpha value is -1.53. The quantitative estimate of drug-likeness (QED) is 0.752. The maximum Gasteiger partial charge on any atom is 0.119 e. The third-order valence-electron chi connectivity index (χ3n) is 2.69. The van der Waals surface area contributed by atoms with E-state index < -0.39 is 0 Å². The number of rotatable bonds is 7. The fourth-order valence-electron chi connectivity index (χ4n) is 1.59. The molecule has 0 fully saturated rings. The Kier molecular flexibility index (Phi) is 5.67. The van der Waals surface area contributed by atoms with Gasteiger partial charge in [0.1, 0.15) is 5.75 Å². The zero-order chi connectivity index (χ0) is 13.4. The molecule has 0 aliphatic heterocycles. The predicted octanol–water partition coefficient (Wildman–Crippen LogP) is 2.77. The van der Waals surface area contributed by atoms with E-state index in [-0.39, 0.29) is 5.41 Å². The van der Waals surface area contributed by atoms with Crippen LogP contribution in [0.15, 0.2) is 24.3 Å². The smallest absolute Gasteiger partial charge is 0.119 e. The molecule has 0 aromatic heterocycles. The van der Waals surface area contributed by atoms with Crippen LogP contribution in [0.2, 0.25) is 0 Å². The van der Waals surface area contributed by atoms with Crippen molar-refractivity contribution < 1.29 is 4.74 Å². The van der Waals surface area contributed by atoms with Crippen molar-refractivity contribution in [3.63, 3.8) is 0 Å². The van der Waals surface area contributed by atoms with Gasteiger partial charge in [0.15, 0.2) is 0 Å². The molecule has 0 saturated heterocycles. The van der Waals surface area contributed by atoms with Gasteiger partial charge in [-0.05, 0) is 51.4 Å². The van der Waals surface area contributed by atoms with Crippen LogP contribution in [0.1, 0.15) is 26.3 Å². The number of nitrogens with zero attached hydrogens (tertiary/aromatic N) is 1. The average molecular weight is 246 g/mol. The highest BCUT2D eigenvalue weighted by Gasteiger charge is 2.15. The van der Waals surface area contributed by atoms with E-state index in [9.17, 15) is 0 Å². The van der Waals surface area contributed by atoms with Gasteiger partial charge in [-0.1, -0.05) is 12.1 Å². The minimum atomic E-state index is -0.293. The van der Waals surface area contributed by atoms with Gasteiger partial charge in [-0.25, -0.2) is 0 Å². The summed E-state index contributed by atoms with van der Waals surface area (Å²) in [4.78, 5) is 0. The zero-order valence-corrected chi connectivity index (χ0v) is 11.5. The normalized spacial score (nSPS) is 11.0. The minimum Gasteiger partial charge on any atom is -0.494 e. The van der Waals surface area contributed by atoms with Crippen molar-refractivity contribution in [1.82, 2.24) is 5.32 Å². The van der Waals surface area contributed by atoms with Crippen LogP contribution in [0.3, 0.4) is 0 Å². The number of nitrogens with one attached hydrogen (secondary N) is 1. The lowest BCUT2D eigenvalue weighted by molar-refractivity contribution is 0.340. The average Bonchev–Trinajstić information content (AvgIpc) is 2.37. The van der Waals surface area contributed by atoms with Crippen molar-refractivity contribution in [2.75, 3.05) is 19.7 Å². The molecular formula is C15H22N2O. The molecule has 3 nitrogen and oxygen atoms in total. The van der Waals surface area contributed by atoms with Gasteiger partial charge in [0.25, 0.3) is 0 Å². The van der Waals surface area contributed by atoms with E-state index in [0.717, 1.165) is 25.3 Å². The molecular weight excluding hydrogens is 224 g/mol. The summed E-state index contributed by atoms with van der Waals surface area (Å²) in [5, 5.41) is 12.2. The van der Waals surface area contributed by atoms with Crippen molar-refractivity contribution in [1.29, 1.82) is 5.26 Å². The van der Waals surface area contributed by atoms with Crippen LogP contribution in [0.4, 0.5) is 0 Å². The standard InChI is InChI=1S/C15H22N2O/c1-4-18-14-7-5-13(6-8-14)9-10-17-12-15(2,3)11-16/h5-8,17H,4,9-10,12H2,1-3H3. The molecule has 0 aliphatic rings. The van der Waals surface area contributed by atoms with Gasteiger partial charge in [-0.3, -0.25) is 0 Å². The Morgan fingerprint density at radius 3 is 2.50 bits per heavy atom. The largest absolute Gasteiger partial charge is 0.494 e. The molecule has 0 radical (unpaired) electrons. The first-order chi connectivity index (χ1) is 8.57. The number of ether oxygens (including phenoxy) is 1. The lowest BCUT2D eigenvalue weighted by Crippen LogP contribution is -2.29. The second-order valence-corrected chi connectivity index (χ2v) is 5.00. The molecule has 0 amide bonds. The molecule has 0 bridgehead atoms. The summed E-state index contributed by atoms with van der Waals surface area (Å²) in [6, 6.07) is 10.4. The van der Waals surface area contributed by atoms with E-state index >= 15 is 0 Å². The topological polar surface area (TPSA) is 45.0 Å². The molecule has 1 aromatic rings. The highest BCUT2D eigenvalue weighted by molar-refractivity contribution is 5.27. The Labute approximate surface area is 110 Å². The van der Waals surface area contributed by atoms with Gasteiger partial charge < -0.3 is 10.1 Å². The summed E-state index contributed by atoms with van der Waals surface area (Å²) in [7, 11) is 0. The summed E-state index contributed by atoms with van der Waals surface area (Å²) in [6.45, 7) is 8.17. The second-order valence-electron chi connectivity index (χ2n) is 5.00. The van der Waals surface area contributed by atoms with Crippen molar-refractivity contribution in [2.24, 2.45) is 5.41 Å². The molecule has 0 spiro atoms. The van der Waals surface area contributed by atoms with E-state index in [0.29, 0.717) is 6.61 Å². The first kappa shape index (κ1) is 14.5. The Morgan fingerprint density at radius 1 is 1.28 bits per heavy atom. The molecule has 1 N–H and O–H groups in total. The van der Waals surface area contributed by atoms with E-state index in [4.69, 9.17) is 10.00 Å². The van der Waals surface area contributed by atoms with Gasteiger partial charge in [0.2, 0.25) is 0 Å². The van der Waals surface area contributed by atoms with Gasteiger partial charge in [-0.2, -0.15) is 5.26 Å². The maximum absolute atomic E-state index is 8.89. The lowest BCUT2D eigenvalue weighted by atomic mass is 9.96. The first-order valence-corrected chi connectivity index (χ1v) is 6.41. The molecule has 98 valence electrons. The highest BCUT2D eigenvalue weighted by Crippen LogP contribution is 2.13. The zero-order valence-electron chi connectivity index (χ0n) is 11.5. The van der Waals surface area contributed by atoms with Crippen LogP contribution >= 0.6 is 0 Å². The van der Waals surface area contributed by atoms with Crippen molar-refractivity contribution >= 4 is 0 Å². The van der Waals surface area contributed by atoms with Crippen LogP contribution in [0.5, 0.6) is 5.75 Å².